The number of anilines is 2. The molecular formula is C21H24N6O3S. The Morgan fingerprint density at radius 2 is 1.97 bits per heavy atom. The molecule has 2 N–H and O–H groups in total. The van der Waals surface area contributed by atoms with E-state index in [-0.39, 0.29) is 17.6 Å². The van der Waals surface area contributed by atoms with Crippen molar-refractivity contribution in [2.24, 2.45) is 0 Å². The maximum Gasteiger partial charge on any atom is 0.297 e. The molecule has 0 bridgehead atoms. The number of thiazole rings is 1. The predicted octanol–water partition coefficient (Wildman–Crippen LogP) is 3.48. The summed E-state index contributed by atoms with van der Waals surface area (Å²) in [5, 5.41) is 7.67. The minimum Gasteiger partial charge on any atom is -0.347 e. The van der Waals surface area contributed by atoms with Crippen molar-refractivity contribution in [1.82, 2.24) is 25.3 Å². The smallest absolute Gasteiger partial charge is 0.297 e. The topological polar surface area (TPSA) is 109 Å². The van der Waals surface area contributed by atoms with Crippen LogP contribution in [0.3, 0.4) is 0 Å². The van der Waals surface area contributed by atoms with Crippen molar-refractivity contribution in [3.8, 4) is 10.6 Å². The zero-order chi connectivity index (χ0) is 22.5. The molecule has 0 unspecified atom stereocenters. The van der Waals surface area contributed by atoms with E-state index in [1.165, 1.54) is 32.4 Å². The Labute approximate surface area is 184 Å². The number of pyridine rings is 2. The summed E-state index contributed by atoms with van der Waals surface area (Å²) >= 11 is 1.30. The van der Waals surface area contributed by atoms with E-state index in [0.29, 0.717) is 27.2 Å². The highest BCUT2D eigenvalue weighted by Crippen LogP contribution is 2.33. The first-order valence-corrected chi connectivity index (χ1v) is 10.4. The van der Waals surface area contributed by atoms with Gasteiger partial charge in [0.15, 0.2) is 5.69 Å². The molecule has 10 heteroatoms. The summed E-state index contributed by atoms with van der Waals surface area (Å²) in [7, 11) is 2.92. The Bertz CT molecular complexity index is 1100. The standard InChI is InChI=1S/C21H24N6O3S/c1-12-9-10-22-17(11-12)25-16-8-6-7-15(24-16)19-18(21(29)27(4)30-5)26-20(31-19)13(2)23-14(3)28/h6-11,13H,1-5H3,(H,23,28)(H,22,24,25)/t13-/m0/s1. The van der Waals surface area contributed by atoms with Gasteiger partial charge >= 0.3 is 0 Å². The van der Waals surface area contributed by atoms with Crippen LogP contribution in [0.4, 0.5) is 11.6 Å². The van der Waals surface area contributed by atoms with E-state index in [1.807, 2.05) is 38.1 Å². The second-order valence-corrected chi connectivity index (χ2v) is 7.92. The molecule has 31 heavy (non-hydrogen) atoms. The van der Waals surface area contributed by atoms with Gasteiger partial charge in [-0.25, -0.2) is 20.0 Å². The number of hydrogen-bond donors (Lipinski definition) is 2. The van der Waals surface area contributed by atoms with Crippen LogP contribution < -0.4 is 10.6 Å². The summed E-state index contributed by atoms with van der Waals surface area (Å²) < 4.78 is 0. The molecule has 2 amide bonds. The Hall–Kier alpha value is -3.37. The number of rotatable bonds is 7. The molecule has 0 fully saturated rings. The van der Waals surface area contributed by atoms with Crippen molar-refractivity contribution in [1.29, 1.82) is 0 Å². The summed E-state index contributed by atoms with van der Waals surface area (Å²) in [5.74, 6) is 0.667. The van der Waals surface area contributed by atoms with Gasteiger partial charge in [0.2, 0.25) is 5.91 Å². The highest BCUT2D eigenvalue weighted by Gasteiger charge is 2.25. The molecule has 3 aromatic rings. The molecule has 3 heterocycles. The van der Waals surface area contributed by atoms with E-state index < -0.39 is 5.91 Å². The number of nitrogens with zero attached hydrogens (tertiary/aromatic N) is 4. The summed E-state index contributed by atoms with van der Waals surface area (Å²) in [6.07, 6.45) is 1.72. The SMILES string of the molecule is CON(C)C(=O)c1nc([C@H](C)NC(C)=O)sc1-c1cccc(Nc2cc(C)ccn2)n1. The van der Waals surface area contributed by atoms with Crippen molar-refractivity contribution in [3.63, 3.8) is 0 Å². The van der Waals surface area contributed by atoms with Crippen molar-refractivity contribution in [3.05, 3.63) is 52.8 Å². The van der Waals surface area contributed by atoms with Crippen molar-refractivity contribution < 1.29 is 14.4 Å². The third kappa shape index (κ3) is 5.41. The van der Waals surface area contributed by atoms with Gasteiger partial charge in [0, 0.05) is 20.2 Å². The van der Waals surface area contributed by atoms with Crippen LogP contribution in [0.15, 0.2) is 36.5 Å². The zero-order valence-corrected chi connectivity index (χ0v) is 18.8. The molecule has 9 nitrogen and oxygen atoms in total. The third-order valence-electron chi connectivity index (χ3n) is 4.35. The Morgan fingerprint density at radius 3 is 2.65 bits per heavy atom. The molecule has 0 aliphatic heterocycles. The first kappa shape index (κ1) is 22.3. The van der Waals surface area contributed by atoms with Gasteiger partial charge in [-0.1, -0.05) is 6.07 Å². The molecule has 0 radical (unpaired) electrons. The number of hydroxylamine groups is 2. The van der Waals surface area contributed by atoms with Crippen LogP contribution in [0.25, 0.3) is 10.6 Å². The largest absolute Gasteiger partial charge is 0.347 e. The molecule has 0 spiro atoms. The van der Waals surface area contributed by atoms with E-state index in [2.05, 4.69) is 25.6 Å². The van der Waals surface area contributed by atoms with Crippen LogP contribution in [0.5, 0.6) is 0 Å². The van der Waals surface area contributed by atoms with E-state index in [1.54, 1.807) is 12.3 Å². The average Bonchev–Trinajstić information content (AvgIpc) is 3.18. The number of hydrogen-bond acceptors (Lipinski definition) is 8. The lowest BCUT2D eigenvalue weighted by Gasteiger charge is -2.13. The number of aryl methyl sites for hydroxylation is 1. The van der Waals surface area contributed by atoms with Crippen LogP contribution in [-0.2, 0) is 9.63 Å². The lowest BCUT2D eigenvalue weighted by atomic mass is 10.2. The van der Waals surface area contributed by atoms with Gasteiger partial charge in [0.1, 0.15) is 16.6 Å². The van der Waals surface area contributed by atoms with Gasteiger partial charge in [-0.2, -0.15) is 0 Å². The molecule has 0 saturated carbocycles. The van der Waals surface area contributed by atoms with Gasteiger partial charge in [0.05, 0.1) is 23.7 Å². The average molecular weight is 441 g/mol. The Morgan fingerprint density at radius 1 is 1.19 bits per heavy atom. The lowest BCUT2D eigenvalue weighted by molar-refractivity contribution is -0.119. The zero-order valence-electron chi connectivity index (χ0n) is 18.0. The van der Waals surface area contributed by atoms with Crippen molar-refractivity contribution in [2.75, 3.05) is 19.5 Å². The second-order valence-electron chi connectivity index (χ2n) is 6.89. The molecule has 162 valence electrons. The number of carbonyl (C=O) groups excluding carboxylic acids is 2. The van der Waals surface area contributed by atoms with Crippen LogP contribution in [-0.4, -0.2) is 46.0 Å². The molecule has 0 saturated heterocycles. The van der Waals surface area contributed by atoms with Crippen LogP contribution >= 0.6 is 11.3 Å². The number of nitrogens with one attached hydrogen (secondary N) is 2. The van der Waals surface area contributed by atoms with Gasteiger partial charge in [-0.05, 0) is 43.7 Å². The second kappa shape index (κ2) is 9.63. The van der Waals surface area contributed by atoms with Crippen LogP contribution in [0.1, 0.15) is 40.9 Å². The van der Waals surface area contributed by atoms with E-state index in [9.17, 15) is 9.59 Å². The quantitative estimate of drug-likeness (QED) is 0.541. The summed E-state index contributed by atoms with van der Waals surface area (Å²) in [6.45, 7) is 5.23. The van der Waals surface area contributed by atoms with Gasteiger partial charge in [-0.3, -0.25) is 14.4 Å². The predicted molar refractivity (Wildman–Crippen MR) is 119 cm³/mol. The molecule has 0 aliphatic carbocycles. The fraction of sp³-hybridized carbons (Fsp3) is 0.286. The molecule has 0 aliphatic rings. The molecular weight excluding hydrogens is 416 g/mol. The minimum absolute atomic E-state index is 0.180. The third-order valence-corrected chi connectivity index (χ3v) is 5.61. The monoisotopic (exact) mass is 440 g/mol. The molecule has 3 rings (SSSR count). The van der Waals surface area contributed by atoms with Crippen molar-refractivity contribution in [2.45, 2.75) is 26.8 Å². The van der Waals surface area contributed by atoms with E-state index in [4.69, 9.17) is 4.84 Å². The van der Waals surface area contributed by atoms with E-state index >= 15 is 0 Å². The summed E-state index contributed by atoms with van der Waals surface area (Å²) in [4.78, 5) is 43.4. The highest BCUT2D eigenvalue weighted by atomic mass is 32.1. The Kier molecular flexibility index (Phi) is 6.93. The van der Waals surface area contributed by atoms with Crippen LogP contribution in [0.2, 0.25) is 0 Å². The maximum atomic E-state index is 12.8. The fourth-order valence-electron chi connectivity index (χ4n) is 2.81. The molecule has 1 atom stereocenters. The number of carbonyl (C=O) groups is 2. The summed E-state index contributed by atoms with van der Waals surface area (Å²) in [5.41, 5.74) is 1.85. The molecule has 3 aromatic heterocycles. The maximum absolute atomic E-state index is 12.8. The Balaban J connectivity index is 2.00. The van der Waals surface area contributed by atoms with Gasteiger partial charge in [0.25, 0.3) is 5.91 Å². The lowest BCUT2D eigenvalue weighted by Crippen LogP contribution is -2.27. The van der Waals surface area contributed by atoms with Crippen LogP contribution in [0, 0.1) is 6.92 Å². The van der Waals surface area contributed by atoms with Gasteiger partial charge in [-0.15, -0.1) is 11.3 Å². The normalized spacial score (nSPS) is 11.6. The fourth-order valence-corrected chi connectivity index (χ4v) is 3.84. The minimum atomic E-state index is -0.407. The number of aromatic nitrogens is 3. The van der Waals surface area contributed by atoms with Crippen molar-refractivity contribution >= 4 is 34.8 Å². The first-order valence-electron chi connectivity index (χ1n) is 9.55. The molecule has 0 aromatic carbocycles. The summed E-state index contributed by atoms with van der Waals surface area (Å²) in [6, 6.07) is 8.93. The first-order chi connectivity index (χ1) is 14.8. The number of amides is 2. The highest BCUT2D eigenvalue weighted by molar-refractivity contribution is 7.15. The van der Waals surface area contributed by atoms with Gasteiger partial charge < -0.3 is 10.6 Å². The van der Waals surface area contributed by atoms with E-state index in [0.717, 1.165) is 10.6 Å².